The zero-order valence-corrected chi connectivity index (χ0v) is 14.6. The fourth-order valence-corrected chi connectivity index (χ4v) is 4.42. The van der Waals surface area contributed by atoms with E-state index in [4.69, 9.17) is 11.6 Å². The molecule has 0 bridgehead atoms. The number of nitrogens with zero attached hydrogens (tertiary/aromatic N) is 2. The second kappa shape index (κ2) is 5.81. The number of aryl methyl sites for hydroxylation is 1. The van der Waals surface area contributed by atoms with Gasteiger partial charge < -0.3 is 15.0 Å². The molecule has 25 heavy (non-hydrogen) atoms. The minimum atomic E-state index is -0.525. The summed E-state index contributed by atoms with van der Waals surface area (Å²) in [6.45, 7) is 0. The molecule has 2 aliphatic rings. The summed E-state index contributed by atoms with van der Waals surface area (Å²) in [5, 5.41) is 12.3. The Bertz CT molecular complexity index is 837. The second-order valence-electron chi connectivity index (χ2n) is 7.34. The van der Waals surface area contributed by atoms with Gasteiger partial charge in [-0.15, -0.1) is 0 Å². The van der Waals surface area contributed by atoms with Gasteiger partial charge in [0.05, 0.1) is 23.1 Å². The number of halogens is 2. The summed E-state index contributed by atoms with van der Waals surface area (Å²) in [5.74, 6) is -0.568. The van der Waals surface area contributed by atoms with Crippen molar-refractivity contribution in [2.24, 2.45) is 12.5 Å². The van der Waals surface area contributed by atoms with Crippen molar-refractivity contribution in [2.45, 2.75) is 37.7 Å². The van der Waals surface area contributed by atoms with E-state index < -0.39 is 5.82 Å². The Morgan fingerprint density at radius 3 is 2.76 bits per heavy atom. The number of aromatic nitrogens is 2. The van der Waals surface area contributed by atoms with Crippen LogP contribution >= 0.6 is 11.6 Å². The van der Waals surface area contributed by atoms with Crippen LogP contribution < -0.4 is 5.32 Å². The van der Waals surface area contributed by atoms with E-state index in [2.05, 4.69) is 10.3 Å². The molecule has 0 atom stereocenters. The Kier molecular flexibility index (Phi) is 3.85. The van der Waals surface area contributed by atoms with Gasteiger partial charge in [0.2, 0.25) is 0 Å². The van der Waals surface area contributed by atoms with Crippen LogP contribution in [0.15, 0.2) is 24.5 Å². The lowest BCUT2D eigenvalue weighted by Crippen LogP contribution is -2.49. The van der Waals surface area contributed by atoms with E-state index in [1.807, 2.05) is 0 Å². The molecule has 4 rings (SSSR count). The number of benzene rings is 1. The van der Waals surface area contributed by atoms with Crippen molar-refractivity contribution in [1.82, 2.24) is 9.55 Å². The topological polar surface area (TPSA) is 67.1 Å². The quantitative estimate of drug-likeness (QED) is 0.877. The van der Waals surface area contributed by atoms with Crippen LogP contribution in [0.1, 0.15) is 47.8 Å². The molecule has 1 aromatic carbocycles. The van der Waals surface area contributed by atoms with Gasteiger partial charge in [-0.1, -0.05) is 11.6 Å². The van der Waals surface area contributed by atoms with E-state index in [1.54, 1.807) is 17.9 Å². The zero-order chi connectivity index (χ0) is 17.8. The highest BCUT2D eigenvalue weighted by Crippen LogP contribution is 2.61. The largest absolute Gasteiger partial charge is 0.393 e. The molecular weight excluding hydrogens is 345 g/mol. The molecule has 1 aromatic heterocycles. The van der Waals surface area contributed by atoms with Crippen molar-refractivity contribution in [2.75, 3.05) is 5.32 Å². The molecule has 0 saturated heterocycles. The van der Waals surface area contributed by atoms with Crippen LogP contribution in [0.5, 0.6) is 0 Å². The minimum absolute atomic E-state index is 0.0347. The maximum Gasteiger partial charge on any atom is 0.274 e. The van der Waals surface area contributed by atoms with Crippen LogP contribution in [0.3, 0.4) is 0 Å². The first-order valence-electron chi connectivity index (χ1n) is 8.33. The van der Waals surface area contributed by atoms with Gasteiger partial charge in [0.1, 0.15) is 11.5 Å². The molecular formula is C18H19ClFN3O2. The van der Waals surface area contributed by atoms with Gasteiger partial charge in [-0.3, -0.25) is 4.79 Å². The molecule has 5 nitrogen and oxygen atoms in total. The van der Waals surface area contributed by atoms with E-state index in [0.29, 0.717) is 11.4 Å². The van der Waals surface area contributed by atoms with Crippen molar-refractivity contribution in [3.8, 4) is 0 Å². The first-order chi connectivity index (χ1) is 11.9. The molecule has 0 unspecified atom stereocenters. The fraction of sp³-hybridized carbons (Fsp3) is 0.444. The second-order valence-corrected chi connectivity index (χ2v) is 7.75. The SMILES string of the molecule is Cn1cnc(C2CC3(CC(O)C3)C2)c1C(=O)Nc1ccc(F)c(Cl)c1. The van der Waals surface area contributed by atoms with Gasteiger partial charge in [-0.05, 0) is 49.3 Å². The van der Waals surface area contributed by atoms with Crippen molar-refractivity contribution >= 4 is 23.2 Å². The number of aliphatic hydroxyl groups is 1. The van der Waals surface area contributed by atoms with E-state index in [-0.39, 0.29) is 28.4 Å². The van der Waals surface area contributed by atoms with Crippen LogP contribution in [-0.4, -0.2) is 26.7 Å². The third kappa shape index (κ3) is 2.83. The Labute approximate surface area is 149 Å². The molecule has 0 radical (unpaired) electrons. The lowest BCUT2D eigenvalue weighted by molar-refractivity contribution is -0.0930. The number of carbonyl (C=O) groups is 1. The van der Waals surface area contributed by atoms with Gasteiger partial charge >= 0.3 is 0 Å². The number of carbonyl (C=O) groups excluding carboxylic acids is 1. The van der Waals surface area contributed by atoms with Crippen molar-refractivity contribution in [3.63, 3.8) is 0 Å². The standard InChI is InChI=1S/C18H19ClFN3O2/c1-23-9-21-15(10-5-18(6-10)7-12(24)8-18)16(23)17(25)22-11-2-3-14(20)13(19)4-11/h2-4,9-10,12,24H,5-8H2,1H3,(H,22,25). The Morgan fingerprint density at radius 2 is 2.12 bits per heavy atom. The highest BCUT2D eigenvalue weighted by atomic mass is 35.5. The molecule has 2 N–H and O–H groups in total. The Hall–Kier alpha value is -1.92. The van der Waals surface area contributed by atoms with Crippen LogP contribution in [0.2, 0.25) is 5.02 Å². The van der Waals surface area contributed by atoms with Gasteiger partial charge in [-0.25, -0.2) is 9.37 Å². The number of aliphatic hydroxyl groups excluding tert-OH is 1. The fourth-order valence-electron chi connectivity index (χ4n) is 4.24. The third-order valence-corrected chi connectivity index (χ3v) is 5.73. The lowest BCUT2D eigenvalue weighted by atomic mass is 9.50. The first kappa shape index (κ1) is 16.5. The van der Waals surface area contributed by atoms with Crippen LogP contribution in [0.25, 0.3) is 0 Å². The predicted molar refractivity (Wildman–Crippen MR) is 92.2 cm³/mol. The lowest BCUT2D eigenvalue weighted by Gasteiger charge is -2.56. The molecule has 132 valence electrons. The number of rotatable bonds is 3. The average molecular weight is 364 g/mol. The summed E-state index contributed by atoms with van der Waals surface area (Å²) < 4.78 is 15.0. The van der Waals surface area contributed by atoms with Gasteiger partial charge in [0, 0.05) is 18.7 Å². The van der Waals surface area contributed by atoms with Crippen molar-refractivity contribution < 1.29 is 14.3 Å². The molecule has 2 aromatic rings. The number of nitrogens with one attached hydrogen (secondary N) is 1. The van der Waals surface area contributed by atoms with E-state index >= 15 is 0 Å². The van der Waals surface area contributed by atoms with Crippen LogP contribution in [-0.2, 0) is 7.05 Å². The number of amides is 1. The first-order valence-corrected chi connectivity index (χ1v) is 8.70. The monoisotopic (exact) mass is 363 g/mol. The summed E-state index contributed by atoms with van der Waals surface area (Å²) in [5.41, 5.74) is 2.00. The summed E-state index contributed by atoms with van der Waals surface area (Å²) >= 11 is 5.77. The summed E-state index contributed by atoms with van der Waals surface area (Å²) in [6, 6.07) is 4.09. The zero-order valence-electron chi connectivity index (χ0n) is 13.8. The minimum Gasteiger partial charge on any atom is -0.393 e. The Morgan fingerprint density at radius 1 is 1.40 bits per heavy atom. The third-order valence-electron chi connectivity index (χ3n) is 5.44. The molecule has 0 aliphatic heterocycles. The van der Waals surface area contributed by atoms with E-state index in [9.17, 15) is 14.3 Å². The highest BCUT2D eigenvalue weighted by Gasteiger charge is 2.53. The predicted octanol–water partition coefficient (Wildman–Crippen LogP) is 3.48. The van der Waals surface area contributed by atoms with Crippen LogP contribution in [0, 0.1) is 11.2 Å². The van der Waals surface area contributed by atoms with Gasteiger partial charge in [-0.2, -0.15) is 0 Å². The highest BCUT2D eigenvalue weighted by molar-refractivity contribution is 6.31. The normalized spacial score (nSPS) is 27.7. The molecule has 1 amide bonds. The summed E-state index contributed by atoms with van der Waals surface area (Å²) in [6.07, 6.45) is 5.10. The smallest absolute Gasteiger partial charge is 0.274 e. The van der Waals surface area contributed by atoms with E-state index in [1.165, 1.54) is 18.2 Å². The molecule has 1 spiro atoms. The van der Waals surface area contributed by atoms with Crippen molar-refractivity contribution in [3.05, 3.63) is 46.8 Å². The number of imidazole rings is 1. The van der Waals surface area contributed by atoms with Gasteiger partial charge in [0.15, 0.2) is 0 Å². The van der Waals surface area contributed by atoms with E-state index in [0.717, 1.165) is 31.4 Å². The average Bonchev–Trinajstić information content (AvgIpc) is 2.86. The number of anilines is 1. The van der Waals surface area contributed by atoms with Gasteiger partial charge in [0.25, 0.3) is 5.91 Å². The molecule has 2 saturated carbocycles. The number of hydrogen-bond donors (Lipinski definition) is 2. The summed E-state index contributed by atoms with van der Waals surface area (Å²) in [4.78, 5) is 17.1. The summed E-state index contributed by atoms with van der Waals surface area (Å²) in [7, 11) is 1.78. The molecule has 2 aliphatic carbocycles. The molecule has 2 fully saturated rings. The Balaban J connectivity index is 1.51. The maximum absolute atomic E-state index is 13.3. The van der Waals surface area contributed by atoms with Crippen LogP contribution in [0.4, 0.5) is 10.1 Å². The maximum atomic E-state index is 13.3. The van der Waals surface area contributed by atoms with Crippen molar-refractivity contribution in [1.29, 1.82) is 0 Å². The molecule has 7 heteroatoms. The number of hydrogen-bond acceptors (Lipinski definition) is 3. The molecule has 1 heterocycles.